The van der Waals surface area contributed by atoms with Gasteiger partial charge in [-0.1, -0.05) is 32.9 Å². The molecular weight excluding hydrogens is 231 g/mol. The fourth-order valence-corrected chi connectivity index (χ4v) is 1.89. The maximum Gasteiger partial charge on any atom is 0.123 e. The third-order valence-corrected chi connectivity index (χ3v) is 3.29. The van der Waals surface area contributed by atoms with E-state index in [1.54, 1.807) is 12.1 Å². The average molecular weight is 254 g/mol. The minimum Gasteiger partial charge on any atom is -0.380 e. The number of benzene rings is 1. The Hall–Kier alpha value is -0.970. The van der Waals surface area contributed by atoms with Crippen molar-refractivity contribution in [3.8, 4) is 0 Å². The fraction of sp³-hybridized carbons (Fsp3) is 0.571. The second-order valence-electron chi connectivity index (χ2n) is 5.02. The van der Waals surface area contributed by atoms with E-state index >= 15 is 0 Å². The van der Waals surface area contributed by atoms with Gasteiger partial charge in [0.05, 0.1) is 12.6 Å². The van der Waals surface area contributed by atoms with E-state index in [4.69, 9.17) is 10.6 Å². The monoisotopic (exact) mass is 254 g/mol. The molecule has 0 saturated carbocycles. The van der Waals surface area contributed by atoms with Crippen LogP contribution in [-0.4, -0.2) is 19.3 Å². The zero-order chi connectivity index (χ0) is 13.6. The van der Waals surface area contributed by atoms with Gasteiger partial charge in [-0.25, -0.2) is 4.39 Å². The SMILES string of the molecule is CCCOCC(NN)C(C)(C)c1ccc(F)cc1. The number of ether oxygens (including phenoxy) is 1. The standard InChI is InChI=1S/C14H23FN2O/c1-4-9-18-10-13(17-16)14(2,3)11-5-7-12(15)8-6-11/h5-8,13,17H,4,9-10,16H2,1-3H3. The molecule has 1 unspecified atom stereocenters. The largest absolute Gasteiger partial charge is 0.380 e. The molecule has 1 aromatic carbocycles. The van der Waals surface area contributed by atoms with Crippen LogP contribution in [0, 0.1) is 5.82 Å². The van der Waals surface area contributed by atoms with Gasteiger partial charge in [-0.3, -0.25) is 11.3 Å². The van der Waals surface area contributed by atoms with Crippen molar-refractivity contribution in [2.24, 2.45) is 5.84 Å². The zero-order valence-electron chi connectivity index (χ0n) is 11.4. The average Bonchev–Trinajstić information content (AvgIpc) is 2.35. The van der Waals surface area contributed by atoms with Gasteiger partial charge in [0.2, 0.25) is 0 Å². The molecule has 1 rings (SSSR count). The number of hydrogen-bond donors (Lipinski definition) is 2. The number of halogens is 1. The summed E-state index contributed by atoms with van der Waals surface area (Å²) >= 11 is 0. The first kappa shape index (κ1) is 15.1. The molecule has 0 aliphatic heterocycles. The number of hydrogen-bond acceptors (Lipinski definition) is 3. The van der Waals surface area contributed by atoms with Crippen molar-refractivity contribution in [2.75, 3.05) is 13.2 Å². The van der Waals surface area contributed by atoms with Gasteiger partial charge in [0.25, 0.3) is 0 Å². The van der Waals surface area contributed by atoms with Crippen LogP contribution in [0.5, 0.6) is 0 Å². The summed E-state index contributed by atoms with van der Waals surface area (Å²) in [5.74, 6) is 5.38. The number of hydrazine groups is 1. The predicted molar refractivity (Wildman–Crippen MR) is 71.6 cm³/mol. The summed E-state index contributed by atoms with van der Waals surface area (Å²) in [5, 5.41) is 0. The van der Waals surface area contributed by atoms with E-state index in [9.17, 15) is 4.39 Å². The second kappa shape index (κ2) is 6.83. The van der Waals surface area contributed by atoms with Crippen molar-refractivity contribution in [1.29, 1.82) is 0 Å². The molecule has 0 radical (unpaired) electrons. The van der Waals surface area contributed by atoms with E-state index < -0.39 is 0 Å². The molecule has 0 aliphatic rings. The van der Waals surface area contributed by atoms with Gasteiger partial charge >= 0.3 is 0 Å². The van der Waals surface area contributed by atoms with Gasteiger partial charge in [-0.2, -0.15) is 0 Å². The van der Waals surface area contributed by atoms with Gasteiger partial charge < -0.3 is 4.74 Å². The lowest BCUT2D eigenvalue weighted by Crippen LogP contribution is -2.51. The van der Waals surface area contributed by atoms with Crippen LogP contribution >= 0.6 is 0 Å². The summed E-state index contributed by atoms with van der Waals surface area (Å²) < 4.78 is 18.5. The molecule has 3 N–H and O–H groups in total. The number of nitrogens with one attached hydrogen (secondary N) is 1. The highest BCUT2D eigenvalue weighted by molar-refractivity contribution is 5.26. The topological polar surface area (TPSA) is 47.3 Å². The Morgan fingerprint density at radius 2 is 1.94 bits per heavy atom. The highest BCUT2D eigenvalue weighted by Crippen LogP contribution is 2.27. The molecule has 3 nitrogen and oxygen atoms in total. The lowest BCUT2D eigenvalue weighted by Gasteiger charge is -2.34. The van der Waals surface area contributed by atoms with Crippen LogP contribution in [0.3, 0.4) is 0 Å². The van der Waals surface area contributed by atoms with Crippen LogP contribution in [0.15, 0.2) is 24.3 Å². The third-order valence-electron chi connectivity index (χ3n) is 3.29. The van der Waals surface area contributed by atoms with Crippen molar-refractivity contribution in [3.63, 3.8) is 0 Å². The van der Waals surface area contributed by atoms with Crippen LogP contribution in [-0.2, 0) is 10.2 Å². The molecule has 1 atom stereocenters. The van der Waals surface area contributed by atoms with Gasteiger partial charge in [0, 0.05) is 12.0 Å². The lowest BCUT2D eigenvalue weighted by molar-refractivity contribution is 0.0904. The van der Waals surface area contributed by atoms with E-state index in [0.29, 0.717) is 6.61 Å². The van der Waals surface area contributed by atoms with Gasteiger partial charge in [0.1, 0.15) is 5.82 Å². The first-order valence-electron chi connectivity index (χ1n) is 6.32. The molecule has 0 heterocycles. The molecule has 102 valence electrons. The molecule has 0 spiro atoms. The molecule has 0 saturated heterocycles. The van der Waals surface area contributed by atoms with Crippen molar-refractivity contribution in [3.05, 3.63) is 35.6 Å². The molecule has 0 bridgehead atoms. The first-order chi connectivity index (χ1) is 8.52. The van der Waals surface area contributed by atoms with E-state index in [-0.39, 0.29) is 17.3 Å². The molecule has 4 heteroatoms. The van der Waals surface area contributed by atoms with Crippen LogP contribution in [0.1, 0.15) is 32.8 Å². The van der Waals surface area contributed by atoms with Gasteiger partial charge in [-0.15, -0.1) is 0 Å². The van der Waals surface area contributed by atoms with Crippen LogP contribution < -0.4 is 11.3 Å². The van der Waals surface area contributed by atoms with Crippen molar-refractivity contribution in [1.82, 2.24) is 5.43 Å². The molecule has 0 aliphatic carbocycles. The summed E-state index contributed by atoms with van der Waals surface area (Å²) in [5.41, 5.74) is 3.60. The Morgan fingerprint density at radius 3 is 2.44 bits per heavy atom. The third kappa shape index (κ3) is 3.77. The smallest absolute Gasteiger partial charge is 0.123 e. The molecule has 1 aromatic rings. The molecule has 0 fully saturated rings. The van der Waals surface area contributed by atoms with Crippen molar-refractivity contribution in [2.45, 2.75) is 38.6 Å². The van der Waals surface area contributed by atoms with Gasteiger partial charge in [-0.05, 0) is 24.1 Å². The van der Waals surface area contributed by atoms with Crippen molar-refractivity contribution >= 4 is 0 Å². The van der Waals surface area contributed by atoms with E-state index in [0.717, 1.165) is 18.6 Å². The second-order valence-corrected chi connectivity index (χ2v) is 5.02. The Balaban J connectivity index is 2.77. The molecule has 0 aromatic heterocycles. The molecular formula is C14H23FN2O. The maximum absolute atomic E-state index is 12.9. The minimum atomic E-state index is -0.228. The summed E-state index contributed by atoms with van der Waals surface area (Å²) in [7, 11) is 0. The first-order valence-corrected chi connectivity index (χ1v) is 6.32. The Kier molecular flexibility index (Phi) is 5.72. The molecule has 0 amide bonds. The normalized spacial score (nSPS) is 13.6. The van der Waals surface area contributed by atoms with E-state index in [2.05, 4.69) is 26.2 Å². The van der Waals surface area contributed by atoms with Gasteiger partial charge in [0.15, 0.2) is 0 Å². The Bertz CT molecular complexity index is 351. The van der Waals surface area contributed by atoms with Crippen LogP contribution in [0.4, 0.5) is 4.39 Å². The molecule has 18 heavy (non-hydrogen) atoms. The zero-order valence-corrected chi connectivity index (χ0v) is 11.4. The minimum absolute atomic E-state index is 0.0190. The highest BCUT2D eigenvalue weighted by atomic mass is 19.1. The summed E-state index contributed by atoms with van der Waals surface area (Å²) in [6.45, 7) is 7.46. The van der Waals surface area contributed by atoms with E-state index in [1.807, 2.05) is 0 Å². The van der Waals surface area contributed by atoms with Crippen molar-refractivity contribution < 1.29 is 9.13 Å². The maximum atomic E-state index is 12.9. The quantitative estimate of drug-likeness (QED) is 0.446. The van der Waals surface area contributed by atoms with E-state index in [1.165, 1.54) is 12.1 Å². The fourth-order valence-electron chi connectivity index (χ4n) is 1.89. The van der Waals surface area contributed by atoms with Crippen LogP contribution in [0.2, 0.25) is 0 Å². The Labute approximate surface area is 108 Å². The lowest BCUT2D eigenvalue weighted by atomic mass is 9.78. The van der Waals surface area contributed by atoms with Crippen LogP contribution in [0.25, 0.3) is 0 Å². The predicted octanol–water partition coefficient (Wildman–Crippen LogP) is 2.36. The number of nitrogens with two attached hydrogens (primary N) is 1. The number of rotatable bonds is 7. The highest BCUT2D eigenvalue weighted by Gasteiger charge is 2.30. The summed E-state index contributed by atoms with van der Waals surface area (Å²) in [6, 6.07) is 6.50. The summed E-state index contributed by atoms with van der Waals surface area (Å²) in [4.78, 5) is 0. The summed E-state index contributed by atoms with van der Waals surface area (Å²) in [6.07, 6.45) is 0.980. The Morgan fingerprint density at radius 1 is 1.33 bits per heavy atom.